The summed E-state index contributed by atoms with van der Waals surface area (Å²) >= 11 is 7.58. The van der Waals surface area contributed by atoms with E-state index >= 15 is 0 Å². The molecule has 3 rings (SSSR count). The normalized spacial score (nSPS) is 10.7. The Hall–Kier alpha value is -2.04. The predicted octanol–water partition coefficient (Wildman–Crippen LogP) is 4.86. The number of hydrogen-bond donors (Lipinski definition) is 1. The van der Waals surface area contributed by atoms with Gasteiger partial charge in [-0.25, -0.2) is 4.98 Å². The fourth-order valence-electron chi connectivity index (χ4n) is 2.24. The molecule has 0 aliphatic rings. The second-order valence-electron chi connectivity index (χ2n) is 5.33. The van der Waals surface area contributed by atoms with Gasteiger partial charge in [-0.05, 0) is 42.3 Å². The van der Waals surface area contributed by atoms with Crippen LogP contribution in [0.3, 0.4) is 0 Å². The van der Waals surface area contributed by atoms with Crippen LogP contribution in [0.2, 0.25) is 5.02 Å². The van der Waals surface area contributed by atoms with Gasteiger partial charge in [-0.2, -0.15) is 0 Å². The van der Waals surface area contributed by atoms with Crippen LogP contribution in [0.5, 0.6) is 5.75 Å². The molecule has 0 aliphatic carbocycles. The molecule has 0 aliphatic heterocycles. The third-order valence-electron chi connectivity index (χ3n) is 3.41. The number of hydrogen-bond acceptors (Lipinski definition) is 4. The van der Waals surface area contributed by atoms with Crippen molar-refractivity contribution in [3.05, 3.63) is 74.7 Å². The van der Waals surface area contributed by atoms with E-state index in [0.717, 1.165) is 27.6 Å². The molecule has 0 fully saturated rings. The number of anilines is 1. The highest BCUT2D eigenvalue weighted by atomic mass is 35.5. The highest BCUT2D eigenvalue weighted by Gasteiger charge is 2.06. The van der Waals surface area contributed by atoms with Gasteiger partial charge in [-0.15, -0.1) is 11.3 Å². The van der Waals surface area contributed by atoms with E-state index < -0.39 is 0 Å². The summed E-state index contributed by atoms with van der Waals surface area (Å²) in [6.45, 7) is 2.52. The largest absolute Gasteiger partial charge is 0.487 e. The third-order valence-corrected chi connectivity index (χ3v) is 4.57. The van der Waals surface area contributed by atoms with E-state index in [0.29, 0.717) is 18.0 Å². The van der Waals surface area contributed by atoms with Crippen LogP contribution in [-0.2, 0) is 13.0 Å². The number of nitrogen functional groups attached to an aromatic ring is 1. The van der Waals surface area contributed by atoms with Crippen LogP contribution >= 0.6 is 22.9 Å². The van der Waals surface area contributed by atoms with E-state index in [-0.39, 0.29) is 0 Å². The number of nitrogens with zero attached hydrogens (tertiary/aromatic N) is 1. The van der Waals surface area contributed by atoms with Gasteiger partial charge in [0.25, 0.3) is 0 Å². The maximum absolute atomic E-state index is 6.11. The zero-order chi connectivity index (χ0) is 16.2. The van der Waals surface area contributed by atoms with Crippen molar-refractivity contribution in [2.75, 3.05) is 5.73 Å². The fraction of sp³-hybridized carbons (Fsp3) is 0.167. The van der Waals surface area contributed by atoms with Gasteiger partial charge in [0.05, 0.1) is 10.7 Å². The Morgan fingerprint density at radius 3 is 2.52 bits per heavy atom. The van der Waals surface area contributed by atoms with Crippen molar-refractivity contribution in [1.82, 2.24) is 4.98 Å². The Bertz CT molecular complexity index is 799. The Balaban J connectivity index is 1.65. The molecule has 0 unspecified atom stereocenters. The molecule has 0 spiro atoms. The molecule has 0 saturated heterocycles. The molecule has 3 nitrogen and oxygen atoms in total. The van der Waals surface area contributed by atoms with Crippen molar-refractivity contribution in [2.24, 2.45) is 0 Å². The Morgan fingerprint density at radius 1 is 1.13 bits per heavy atom. The molecule has 23 heavy (non-hydrogen) atoms. The highest BCUT2D eigenvalue weighted by Crippen LogP contribution is 2.26. The molecule has 0 amide bonds. The number of ether oxygens (including phenoxy) is 1. The van der Waals surface area contributed by atoms with Gasteiger partial charge in [-0.3, -0.25) is 0 Å². The molecule has 2 aromatic carbocycles. The topological polar surface area (TPSA) is 48.1 Å². The Kier molecular flexibility index (Phi) is 4.84. The van der Waals surface area contributed by atoms with Crippen LogP contribution in [-0.4, -0.2) is 4.98 Å². The standard InChI is InChI=1S/C18H17ClN2OS/c1-12-10-21-18(23-12)9-14-4-7-17(16(20)8-14)22-11-13-2-5-15(19)6-3-13/h2-8,10H,9,11,20H2,1H3. The minimum Gasteiger partial charge on any atom is -0.487 e. The number of nitrogens with two attached hydrogens (primary N) is 1. The van der Waals surface area contributed by atoms with Gasteiger partial charge in [0.1, 0.15) is 12.4 Å². The van der Waals surface area contributed by atoms with Crippen LogP contribution in [0.15, 0.2) is 48.7 Å². The molecule has 1 aromatic heterocycles. The van der Waals surface area contributed by atoms with Crippen LogP contribution in [0.1, 0.15) is 21.0 Å². The molecule has 0 saturated carbocycles. The number of benzene rings is 2. The first-order valence-electron chi connectivity index (χ1n) is 7.27. The molecule has 2 N–H and O–H groups in total. The molecule has 118 valence electrons. The smallest absolute Gasteiger partial charge is 0.142 e. The molecule has 0 bridgehead atoms. The Morgan fingerprint density at radius 2 is 1.87 bits per heavy atom. The summed E-state index contributed by atoms with van der Waals surface area (Å²) in [5.74, 6) is 0.694. The summed E-state index contributed by atoms with van der Waals surface area (Å²) in [6, 6.07) is 13.5. The van der Waals surface area contributed by atoms with Gasteiger partial charge in [0, 0.05) is 22.5 Å². The maximum atomic E-state index is 6.11. The lowest BCUT2D eigenvalue weighted by Gasteiger charge is -2.10. The van der Waals surface area contributed by atoms with Crippen molar-refractivity contribution in [3.8, 4) is 5.75 Å². The van der Waals surface area contributed by atoms with Crippen molar-refractivity contribution in [3.63, 3.8) is 0 Å². The minimum atomic E-state index is 0.465. The lowest BCUT2D eigenvalue weighted by molar-refractivity contribution is 0.308. The first-order valence-corrected chi connectivity index (χ1v) is 8.46. The molecular formula is C18H17ClN2OS. The minimum absolute atomic E-state index is 0.465. The number of aryl methyl sites for hydroxylation is 1. The summed E-state index contributed by atoms with van der Waals surface area (Å²) < 4.78 is 5.79. The average molecular weight is 345 g/mol. The van der Waals surface area contributed by atoms with Gasteiger partial charge >= 0.3 is 0 Å². The molecule has 3 aromatic rings. The first-order chi connectivity index (χ1) is 11.1. The second-order valence-corrected chi connectivity index (χ2v) is 7.08. The monoisotopic (exact) mass is 344 g/mol. The van der Waals surface area contributed by atoms with E-state index in [2.05, 4.69) is 11.9 Å². The molecule has 1 heterocycles. The summed E-state index contributed by atoms with van der Waals surface area (Å²) in [6.07, 6.45) is 2.69. The van der Waals surface area contributed by atoms with Crippen molar-refractivity contribution >= 4 is 28.6 Å². The lowest BCUT2D eigenvalue weighted by atomic mass is 10.1. The SMILES string of the molecule is Cc1cnc(Cc2ccc(OCc3ccc(Cl)cc3)c(N)c2)s1. The van der Waals surface area contributed by atoms with E-state index in [1.165, 1.54) is 4.88 Å². The molecular weight excluding hydrogens is 328 g/mol. The summed E-state index contributed by atoms with van der Waals surface area (Å²) in [4.78, 5) is 5.60. The average Bonchev–Trinajstić information content (AvgIpc) is 2.93. The number of thiazole rings is 1. The third kappa shape index (κ3) is 4.24. The first kappa shape index (κ1) is 15.8. The van der Waals surface area contributed by atoms with E-state index in [4.69, 9.17) is 22.1 Å². The van der Waals surface area contributed by atoms with Gasteiger partial charge in [0.2, 0.25) is 0 Å². The van der Waals surface area contributed by atoms with Crippen LogP contribution < -0.4 is 10.5 Å². The Labute approximate surface area is 144 Å². The summed E-state index contributed by atoms with van der Waals surface area (Å²) in [5, 5.41) is 1.81. The van der Waals surface area contributed by atoms with Crippen LogP contribution in [0, 0.1) is 6.92 Å². The number of aromatic nitrogens is 1. The van der Waals surface area contributed by atoms with Gasteiger partial charge in [0.15, 0.2) is 0 Å². The van der Waals surface area contributed by atoms with E-state index in [9.17, 15) is 0 Å². The second kappa shape index (κ2) is 7.02. The highest BCUT2D eigenvalue weighted by molar-refractivity contribution is 7.11. The van der Waals surface area contributed by atoms with Crippen LogP contribution in [0.25, 0.3) is 0 Å². The number of halogens is 1. The fourth-order valence-corrected chi connectivity index (χ4v) is 3.19. The lowest BCUT2D eigenvalue weighted by Crippen LogP contribution is -1.99. The molecule has 5 heteroatoms. The quantitative estimate of drug-likeness (QED) is 0.672. The van der Waals surface area contributed by atoms with E-state index in [1.807, 2.05) is 48.7 Å². The molecule has 0 atom stereocenters. The maximum Gasteiger partial charge on any atom is 0.142 e. The van der Waals surface area contributed by atoms with Gasteiger partial charge < -0.3 is 10.5 Å². The molecule has 0 radical (unpaired) electrons. The predicted molar refractivity (Wildman–Crippen MR) is 96.3 cm³/mol. The van der Waals surface area contributed by atoms with Gasteiger partial charge in [-0.1, -0.05) is 29.8 Å². The van der Waals surface area contributed by atoms with Crippen molar-refractivity contribution < 1.29 is 4.74 Å². The van der Waals surface area contributed by atoms with Crippen molar-refractivity contribution in [1.29, 1.82) is 0 Å². The zero-order valence-corrected chi connectivity index (χ0v) is 14.3. The summed E-state index contributed by atoms with van der Waals surface area (Å²) in [7, 11) is 0. The summed E-state index contributed by atoms with van der Waals surface area (Å²) in [5.41, 5.74) is 8.94. The number of rotatable bonds is 5. The zero-order valence-electron chi connectivity index (χ0n) is 12.8. The van der Waals surface area contributed by atoms with Crippen molar-refractivity contribution in [2.45, 2.75) is 20.0 Å². The van der Waals surface area contributed by atoms with E-state index in [1.54, 1.807) is 11.3 Å². The van der Waals surface area contributed by atoms with Crippen LogP contribution in [0.4, 0.5) is 5.69 Å².